The molecule has 0 radical (unpaired) electrons. The van der Waals surface area contributed by atoms with E-state index in [1.54, 1.807) is 6.07 Å². The van der Waals surface area contributed by atoms with Crippen LogP contribution in [-0.4, -0.2) is 17.1 Å². The zero-order valence-corrected chi connectivity index (χ0v) is 15.8. The molecule has 3 rings (SSSR count). The lowest BCUT2D eigenvalue weighted by atomic mass is 9.99. The summed E-state index contributed by atoms with van der Waals surface area (Å²) < 4.78 is 28.5. The summed E-state index contributed by atoms with van der Waals surface area (Å²) in [7, 11) is 0. The molecule has 8 heteroatoms. The topological polar surface area (TPSA) is 21.6 Å². The maximum Gasteiger partial charge on any atom is 0.149 e. The summed E-state index contributed by atoms with van der Waals surface area (Å²) in [6.45, 7) is 1.91. The number of hydrogen-bond acceptors (Lipinski definition) is 4. The molecular weight excluding hydrogens is 395 g/mol. The number of halogens is 4. The van der Waals surface area contributed by atoms with Gasteiger partial charge in [-0.05, 0) is 25.1 Å². The van der Waals surface area contributed by atoms with E-state index in [1.165, 1.54) is 41.3 Å². The van der Waals surface area contributed by atoms with Crippen LogP contribution < -0.4 is 0 Å². The van der Waals surface area contributed by atoms with Crippen molar-refractivity contribution in [3.8, 4) is 0 Å². The largest absolute Gasteiger partial charge is 0.388 e. The van der Waals surface area contributed by atoms with Gasteiger partial charge in [-0.15, -0.1) is 11.3 Å². The molecule has 1 aromatic heterocycles. The third-order valence-electron chi connectivity index (χ3n) is 3.60. The Balaban J connectivity index is 1.60. The quantitative estimate of drug-likeness (QED) is 0.592. The van der Waals surface area contributed by atoms with Gasteiger partial charge in [0.25, 0.3) is 0 Å². The van der Waals surface area contributed by atoms with E-state index in [9.17, 15) is 8.78 Å². The van der Waals surface area contributed by atoms with Crippen LogP contribution >= 0.6 is 46.3 Å². The highest BCUT2D eigenvalue weighted by Crippen LogP contribution is 2.37. The van der Waals surface area contributed by atoms with Crippen LogP contribution in [0.3, 0.4) is 0 Å². The van der Waals surface area contributed by atoms with E-state index >= 15 is 0 Å². The molecule has 1 unspecified atom stereocenters. The van der Waals surface area contributed by atoms with E-state index in [0.717, 1.165) is 11.3 Å². The number of oxime groups is 1. The predicted octanol–water partition coefficient (Wildman–Crippen LogP) is 6.15. The van der Waals surface area contributed by atoms with Crippen molar-refractivity contribution in [2.75, 3.05) is 5.75 Å². The molecule has 24 heavy (non-hydrogen) atoms. The first kappa shape index (κ1) is 18.0. The number of thiophene rings is 1. The molecule has 0 N–H and O–H groups in total. The van der Waals surface area contributed by atoms with E-state index in [4.69, 9.17) is 28.0 Å². The highest BCUT2D eigenvalue weighted by molar-refractivity contribution is 7.98. The predicted molar refractivity (Wildman–Crippen MR) is 97.5 cm³/mol. The molecule has 0 bridgehead atoms. The Bertz CT molecular complexity index is 776. The van der Waals surface area contributed by atoms with Crippen molar-refractivity contribution in [3.63, 3.8) is 0 Å². The molecule has 0 amide bonds. The van der Waals surface area contributed by atoms with Gasteiger partial charge in [-0.1, -0.05) is 34.4 Å². The summed E-state index contributed by atoms with van der Waals surface area (Å²) in [4.78, 5) is 5.55. The summed E-state index contributed by atoms with van der Waals surface area (Å²) >= 11 is 14.8. The van der Waals surface area contributed by atoms with Gasteiger partial charge in [0, 0.05) is 29.1 Å². The van der Waals surface area contributed by atoms with Crippen molar-refractivity contribution in [1.82, 2.24) is 0 Å². The molecule has 0 spiro atoms. The second kappa shape index (κ2) is 7.20. The molecule has 0 saturated heterocycles. The number of rotatable bonds is 5. The summed E-state index contributed by atoms with van der Waals surface area (Å²) in [6, 6.07) is 5.65. The summed E-state index contributed by atoms with van der Waals surface area (Å²) in [5.74, 6) is -0.283. The summed E-state index contributed by atoms with van der Waals surface area (Å²) in [6.07, 6.45) is 0.562. The standard InChI is InChI=1S/C16H13Cl2F2NOS2/c1-16(8-23-7-10-11(19)3-2-4-12(10)20)6-13(21-22-16)9-5-14(17)24-15(9)18/h2-5H,6-8H2,1H3. The molecule has 2 aromatic rings. The molecule has 0 saturated carbocycles. The van der Waals surface area contributed by atoms with Crippen LogP contribution in [-0.2, 0) is 10.6 Å². The lowest BCUT2D eigenvalue weighted by Crippen LogP contribution is -2.28. The zero-order chi connectivity index (χ0) is 17.3. The van der Waals surface area contributed by atoms with Crippen LogP contribution in [0.2, 0.25) is 8.67 Å². The lowest BCUT2D eigenvalue weighted by molar-refractivity contribution is 0.0163. The second-order valence-corrected chi connectivity index (χ2v) is 8.96. The van der Waals surface area contributed by atoms with Crippen molar-refractivity contribution in [1.29, 1.82) is 0 Å². The SMILES string of the molecule is CC1(CSCc2c(F)cccc2F)CC(c2cc(Cl)sc2Cl)=NO1. The maximum absolute atomic E-state index is 13.6. The fourth-order valence-corrected chi connectivity index (χ4v) is 5.06. The first-order valence-corrected chi connectivity index (χ1v) is 9.81. The minimum absolute atomic E-state index is 0.0814. The van der Waals surface area contributed by atoms with Crippen LogP contribution in [0.15, 0.2) is 29.4 Å². The van der Waals surface area contributed by atoms with Gasteiger partial charge < -0.3 is 4.84 Å². The third-order valence-corrected chi connectivity index (χ3v) is 6.40. The highest BCUT2D eigenvalue weighted by atomic mass is 35.5. The fraction of sp³-hybridized carbons (Fsp3) is 0.312. The van der Waals surface area contributed by atoms with Crippen LogP contribution in [0.5, 0.6) is 0 Å². The Kier molecular flexibility index (Phi) is 5.39. The van der Waals surface area contributed by atoms with E-state index in [0.29, 0.717) is 20.8 Å². The Morgan fingerprint density at radius 1 is 1.33 bits per heavy atom. The van der Waals surface area contributed by atoms with Crippen LogP contribution in [0.1, 0.15) is 24.5 Å². The number of benzene rings is 1. The average Bonchev–Trinajstić information content (AvgIpc) is 3.05. The molecule has 1 aromatic carbocycles. The van der Waals surface area contributed by atoms with Crippen molar-refractivity contribution < 1.29 is 13.6 Å². The van der Waals surface area contributed by atoms with Gasteiger partial charge >= 0.3 is 0 Å². The van der Waals surface area contributed by atoms with E-state index < -0.39 is 17.2 Å². The summed E-state index contributed by atoms with van der Waals surface area (Å²) in [5.41, 5.74) is 1.06. The first-order chi connectivity index (χ1) is 11.4. The molecular formula is C16H13Cl2F2NOS2. The van der Waals surface area contributed by atoms with Gasteiger partial charge in [0.15, 0.2) is 0 Å². The van der Waals surface area contributed by atoms with Crippen molar-refractivity contribution >= 4 is 52.0 Å². The monoisotopic (exact) mass is 407 g/mol. The minimum atomic E-state index is -0.542. The highest BCUT2D eigenvalue weighted by Gasteiger charge is 2.36. The fourth-order valence-electron chi connectivity index (χ4n) is 2.38. The average molecular weight is 408 g/mol. The van der Waals surface area contributed by atoms with Gasteiger partial charge in [0.05, 0.1) is 10.0 Å². The Labute approximate surface area is 156 Å². The number of hydrogen-bond donors (Lipinski definition) is 0. The third kappa shape index (κ3) is 3.87. The van der Waals surface area contributed by atoms with Gasteiger partial charge in [-0.3, -0.25) is 0 Å². The maximum atomic E-state index is 13.6. The van der Waals surface area contributed by atoms with Gasteiger partial charge in [0.2, 0.25) is 0 Å². The molecule has 1 atom stereocenters. The van der Waals surface area contributed by atoms with Gasteiger partial charge in [0.1, 0.15) is 21.6 Å². The molecule has 1 aliphatic rings. The van der Waals surface area contributed by atoms with Crippen LogP contribution in [0, 0.1) is 11.6 Å². The Morgan fingerprint density at radius 2 is 2.04 bits per heavy atom. The van der Waals surface area contributed by atoms with E-state index in [2.05, 4.69) is 5.16 Å². The normalized spacial score (nSPS) is 20.1. The molecule has 2 nitrogen and oxygen atoms in total. The van der Waals surface area contributed by atoms with Crippen LogP contribution in [0.4, 0.5) is 8.78 Å². The molecule has 2 heterocycles. The summed E-state index contributed by atoms with van der Waals surface area (Å²) in [5, 5.41) is 4.11. The van der Waals surface area contributed by atoms with Crippen molar-refractivity contribution in [2.24, 2.45) is 5.16 Å². The number of thioether (sulfide) groups is 1. The Hall–Kier alpha value is -0.820. The second-order valence-electron chi connectivity index (χ2n) is 5.69. The van der Waals surface area contributed by atoms with Crippen molar-refractivity contribution in [3.05, 3.63) is 55.7 Å². The van der Waals surface area contributed by atoms with Gasteiger partial charge in [-0.2, -0.15) is 11.8 Å². The Morgan fingerprint density at radius 3 is 2.67 bits per heavy atom. The first-order valence-electron chi connectivity index (χ1n) is 7.09. The van der Waals surface area contributed by atoms with E-state index in [1.807, 2.05) is 6.92 Å². The minimum Gasteiger partial charge on any atom is -0.388 e. The lowest BCUT2D eigenvalue weighted by Gasteiger charge is -2.20. The molecule has 0 fully saturated rings. The van der Waals surface area contributed by atoms with Gasteiger partial charge in [-0.25, -0.2) is 8.78 Å². The number of nitrogens with zero attached hydrogens (tertiary/aromatic N) is 1. The zero-order valence-electron chi connectivity index (χ0n) is 12.6. The van der Waals surface area contributed by atoms with Crippen LogP contribution in [0.25, 0.3) is 0 Å². The smallest absolute Gasteiger partial charge is 0.149 e. The molecule has 0 aliphatic carbocycles. The van der Waals surface area contributed by atoms with Crippen molar-refractivity contribution in [2.45, 2.75) is 24.7 Å². The molecule has 1 aliphatic heterocycles. The molecule has 128 valence electrons. The van der Waals surface area contributed by atoms with E-state index in [-0.39, 0.29) is 11.3 Å².